The topological polar surface area (TPSA) is 85.3 Å². The molecule has 0 N–H and O–H groups in total. The van der Waals surface area contributed by atoms with E-state index in [0.717, 1.165) is 5.56 Å². The number of thioether (sulfide) groups is 1. The van der Waals surface area contributed by atoms with Gasteiger partial charge in [0.25, 0.3) is 0 Å². The Morgan fingerprint density at radius 2 is 2.07 bits per heavy atom. The molecule has 7 nitrogen and oxygen atoms in total. The number of aliphatic imine (C=N–C) groups is 1. The molecule has 3 aliphatic rings. The summed E-state index contributed by atoms with van der Waals surface area (Å²) in [6, 6.07) is 5.53. The number of fused-ring (bicyclic) bond motifs is 2. The number of ether oxygens (including phenoxy) is 2. The molecular weight excluding hydrogens is 388 g/mol. The second kappa shape index (κ2) is 7.01. The van der Waals surface area contributed by atoms with Gasteiger partial charge in [-0.05, 0) is 23.6 Å². The first kappa shape index (κ1) is 18.6. The van der Waals surface area contributed by atoms with Gasteiger partial charge in [0.1, 0.15) is 0 Å². The third kappa shape index (κ3) is 3.94. The summed E-state index contributed by atoms with van der Waals surface area (Å²) in [7, 11) is -3.06. The number of hydrogen-bond acceptors (Lipinski definition) is 6. The Kier molecular flexibility index (Phi) is 4.84. The summed E-state index contributed by atoms with van der Waals surface area (Å²) in [5.41, 5.74) is 0.966. The van der Waals surface area contributed by atoms with Crippen molar-refractivity contribution in [2.45, 2.75) is 38.1 Å². The minimum atomic E-state index is -3.06. The summed E-state index contributed by atoms with van der Waals surface area (Å²) >= 11 is 1.41. The van der Waals surface area contributed by atoms with Gasteiger partial charge in [0.2, 0.25) is 12.7 Å². The number of amidine groups is 1. The summed E-state index contributed by atoms with van der Waals surface area (Å²) in [6.07, 6.45) is 0.384. The van der Waals surface area contributed by atoms with E-state index < -0.39 is 9.84 Å². The molecule has 2 atom stereocenters. The van der Waals surface area contributed by atoms with Crippen molar-refractivity contribution >= 4 is 32.7 Å². The van der Waals surface area contributed by atoms with Crippen LogP contribution in [0, 0.1) is 5.92 Å². The van der Waals surface area contributed by atoms with Crippen LogP contribution in [0.2, 0.25) is 0 Å². The Morgan fingerprint density at radius 3 is 2.85 bits per heavy atom. The Bertz CT molecular complexity index is 897. The van der Waals surface area contributed by atoms with Crippen molar-refractivity contribution in [2.24, 2.45) is 10.9 Å². The molecule has 4 rings (SSSR count). The first-order valence-corrected chi connectivity index (χ1v) is 11.6. The van der Waals surface area contributed by atoms with E-state index in [1.54, 1.807) is 0 Å². The van der Waals surface area contributed by atoms with Crippen LogP contribution in [0.1, 0.15) is 25.8 Å². The third-order valence-corrected chi connectivity index (χ3v) is 8.02. The maximum atomic E-state index is 12.2. The highest BCUT2D eigenvalue weighted by molar-refractivity contribution is 8.15. The predicted octanol–water partition coefficient (Wildman–Crippen LogP) is 2.06. The maximum absolute atomic E-state index is 12.2. The monoisotopic (exact) mass is 410 g/mol. The highest BCUT2D eigenvalue weighted by Crippen LogP contribution is 2.40. The van der Waals surface area contributed by atoms with Crippen LogP contribution in [-0.2, 0) is 21.2 Å². The van der Waals surface area contributed by atoms with E-state index in [-0.39, 0.29) is 41.4 Å². The third-order valence-electron chi connectivity index (χ3n) is 4.77. The van der Waals surface area contributed by atoms with Crippen molar-refractivity contribution in [3.05, 3.63) is 23.8 Å². The summed E-state index contributed by atoms with van der Waals surface area (Å²) in [4.78, 5) is 18.5. The van der Waals surface area contributed by atoms with Gasteiger partial charge in [-0.3, -0.25) is 4.79 Å². The second-order valence-electron chi connectivity index (χ2n) is 7.50. The first-order chi connectivity index (χ1) is 12.8. The van der Waals surface area contributed by atoms with Gasteiger partial charge < -0.3 is 14.4 Å². The van der Waals surface area contributed by atoms with Crippen LogP contribution in [0.4, 0.5) is 0 Å². The molecule has 2 fully saturated rings. The molecule has 0 spiro atoms. The molecular formula is C18H22N2O5S2. The van der Waals surface area contributed by atoms with Gasteiger partial charge in [-0.1, -0.05) is 31.7 Å². The van der Waals surface area contributed by atoms with Gasteiger partial charge in [0.05, 0.1) is 17.5 Å². The van der Waals surface area contributed by atoms with E-state index in [1.807, 2.05) is 36.9 Å². The number of carbonyl (C=O) groups excluding carboxylic acids is 1. The fourth-order valence-corrected chi connectivity index (χ4v) is 7.53. The van der Waals surface area contributed by atoms with Gasteiger partial charge in [-0.15, -0.1) is 0 Å². The van der Waals surface area contributed by atoms with Gasteiger partial charge in [-0.25, -0.2) is 8.42 Å². The number of sulfone groups is 1. The number of benzene rings is 1. The van der Waals surface area contributed by atoms with E-state index in [4.69, 9.17) is 9.47 Å². The molecule has 0 radical (unpaired) electrons. The van der Waals surface area contributed by atoms with Gasteiger partial charge in [-0.2, -0.15) is 4.99 Å². The lowest BCUT2D eigenvalue weighted by Gasteiger charge is -2.24. The van der Waals surface area contributed by atoms with Crippen molar-refractivity contribution in [1.29, 1.82) is 0 Å². The lowest BCUT2D eigenvalue weighted by Crippen LogP contribution is -2.37. The molecule has 0 bridgehead atoms. The maximum Gasteiger partial charge on any atom is 0.248 e. The molecule has 0 aliphatic carbocycles. The number of rotatable bonds is 4. The normalized spacial score (nSPS) is 26.8. The minimum absolute atomic E-state index is 0.0744. The summed E-state index contributed by atoms with van der Waals surface area (Å²) in [6.45, 7) is 4.64. The van der Waals surface area contributed by atoms with Crippen LogP contribution in [0.25, 0.3) is 0 Å². The van der Waals surface area contributed by atoms with E-state index in [9.17, 15) is 13.2 Å². The second-order valence-corrected chi connectivity index (χ2v) is 10.9. The van der Waals surface area contributed by atoms with E-state index in [1.165, 1.54) is 11.8 Å². The zero-order valence-corrected chi connectivity index (χ0v) is 16.9. The zero-order chi connectivity index (χ0) is 19.2. The van der Waals surface area contributed by atoms with Crippen molar-refractivity contribution in [2.75, 3.05) is 18.3 Å². The van der Waals surface area contributed by atoms with E-state index in [2.05, 4.69) is 4.99 Å². The van der Waals surface area contributed by atoms with Gasteiger partial charge in [0.15, 0.2) is 26.5 Å². The Hall–Kier alpha value is -1.74. The van der Waals surface area contributed by atoms with Crippen LogP contribution in [-0.4, -0.2) is 54.0 Å². The molecule has 0 unspecified atom stereocenters. The number of nitrogens with zero attached hydrogens (tertiary/aromatic N) is 2. The molecule has 1 aromatic rings. The number of amides is 1. The van der Waals surface area contributed by atoms with Crippen LogP contribution in [0.5, 0.6) is 11.5 Å². The van der Waals surface area contributed by atoms with Crippen molar-refractivity contribution < 1.29 is 22.7 Å². The molecule has 9 heteroatoms. The van der Waals surface area contributed by atoms with Gasteiger partial charge >= 0.3 is 0 Å². The molecule has 27 heavy (non-hydrogen) atoms. The molecule has 0 aromatic heterocycles. The number of carbonyl (C=O) groups is 1. The summed E-state index contributed by atoms with van der Waals surface area (Å²) in [5.74, 6) is 1.70. The largest absolute Gasteiger partial charge is 0.454 e. The van der Waals surface area contributed by atoms with Crippen LogP contribution in [0.3, 0.4) is 0 Å². The molecule has 0 saturated carbocycles. The standard InChI is InChI=1S/C18H22N2O5S2/c1-11(2)5-17(21)19-18-20(13-8-27(22,23)9-16(13)26-18)7-12-3-4-14-15(6-12)25-10-24-14/h3-4,6,11,13,16H,5,7-10H2,1-2H3/t13-,16-/m1/s1. The average molecular weight is 411 g/mol. The fraction of sp³-hybridized carbons (Fsp3) is 0.556. The lowest BCUT2D eigenvalue weighted by atomic mass is 10.1. The SMILES string of the molecule is CC(C)CC(=O)N=C1S[C@@H]2CS(=O)(=O)C[C@H]2N1Cc1ccc2c(c1)OCO2. The predicted molar refractivity (Wildman–Crippen MR) is 104 cm³/mol. The highest BCUT2D eigenvalue weighted by atomic mass is 32.2. The van der Waals surface area contributed by atoms with Gasteiger partial charge in [0, 0.05) is 18.2 Å². The van der Waals surface area contributed by atoms with Crippen molar-refractivity contribution in [3.63, 3.8) is 0 Å². The zero-order valence-electron chi connectivity index (χ0n) is 15.3. The first-order valence-electron chi connectivity index (χ1n) is 8.94. The Labute approximate surface area is 163 Å². The van der Waals surface area contributed by atoms with E-state index >= 15 is 0 Å². The van der Waals surface area contributed by atoms with Crippen LogP contribution < -0.4 is 9.47 Å². The molecule has 3 heterocycles. The molecule has 1 amide bonds. The minimum Gasteiger partial charge on any atom is -0.454 e. The molecule has 1 aromatic carbocycles. The Balaban J connectivity index is 1.60. The summed E-state index contributed by atoms with van der Waals surface area (Å²) < 4.78 is 34.9. The average Bonchev–Trinajstić information content (AvgIpc) is 3.21. The molecule has 2 saturated heterocycles. The number of hydrogen-bond donors (Lipinski definition) is 0. The Morgan fingerprint density at radius 1 is 1.30 bits per heavy atom. The summed E-state index contributed by atoms with van der Waals surface area (Å²) in [5, 5.41) is 0.554. The van der Waals surface area contributed by atoms with Crippen molar-refractivity contribution in [3.8, 4) is 11.5 Å². The molecule has 146 valence electrons. The van der Waals surface area contributed by atoms with Crippen LogP contribution >= 0.6 is 11.8 Å². The fourth-order valence-electron chi connectivity index (χ4n) is 3.56. The lowest BCUT2D eigenvalue weighted by molar-refractivity contribution is -0.118. The smallest absolute Gasteiger partial charge is 0.248 e. The van der Waals surface area contributed by atoms with E-state index in [0.29, 0.717) is 29.6 Å². The quantitative estimate of drug-likeness (QED) is 0.751. The van der Waals surface area contributed by atoms with Crippen LogP contribution in [0.15, 0.2) is 23.2 Å². The van der Waals surface area contributed by atoms with Crippen molar-refractivity contribution in [1.82, 2.24) is 4.90 Å². The molecule has 3 aliphatic heterocycles. The highest BCUT2D eigenvalue weighted by Gasteiger charge is 2.48.